The number of carbonyl (C=O) groups is 2. The number of pyridine rings is 2. The van der Waals surface area contributed by atoms with Crippen LogP contribution < -0.4 is 11.1 Å². The number of amides is 2. The van der Waals surface area contributed by atoms with Crippen molar-refractivity contribution in [2.45, 2.75) is 58.3 Å². The van der Waals surface area contributed by atoms with Crippen LogP contribution in [0.25, 0.3) is 21.8 Å². The number of nitrogens with zero attached hydrogens (tertiary/aromatic N) is 4. The Kier molecular flexibility index (Phi) is 11.9. The Labute approximate surface area is 349 Å². The van der Waals surface area contributed by atoms with Crippen molar-refractivity contribution in [3.05, 3.63) is 162 Å². The first-order chi connectivity index (χ1) is 29.4. The van der Waals surface area contributed by atoms with Gasteiger partial charge in [0.15, 0.2) is 23.3 Å². The monoisotopic (exact) mass is 834 g/mol. The van der Waals surface area contributed by atoms with Gasteiger partial charge in [0.05, 0.1) is 23.9 Å². The van der Waals surface area contributed by atoms with E-state index in [9.17, 15) is 36.7 Å². The fraction of sp³-hybridized carbons (Fsp3) is 0.319. The van der Waals surface area contributed by atoms with E-state index >= 15 is 0 Å². The fourth-order valence-electron chi connectivity index (χ4n) is 9.09. The van der Waals surface area contributed by atoms with Crippen LogP contribution in [0.3, 0.4) is 0 Å². The first-order valence-electron chi connectivity index (χ1n) is 20.5. The van der Waals surface area contributed by atoms with Gasteiger partial charge in [-0.25, -0.2) is 17.6 Å². The lowest BCUT2D eigenvalue weighted by molar-refractivity contribution is -0.133. The average Bonchev–Trinajstić information content (AvgIpc) is 3.86. The molecule has 1 unspecified atom stereocenters. The first kappa shape index (κ1) is 41.6. The van der Waals surface area contributed by atoms with Gasteiger partial charge in [-0.2, -0.15) is 0 Å². The van der Waals surface area contributed by atoms with Crippen LogP contribution in [0.5, 0.6) is 0 Å². The third-order valence-electron chi connectivity index (χ3n) is 12.4. The molecule has 3 saturated heterocycles. The third kappa shape index (κ3) is 8.60. The van der Waals surface area contributed by atoms with Crippen molar-refractivity contribution >= 4 is 33.6 Å². The van der Waals surface area contributed by atoms with Gasteiger partial charge in [-0.15, -0.1) is 0 Å². The summed E-state index contributed by atoms with van der Waals surface area (Å²) in [5.41, 5.74) is 3.07. The van der Waals surface area contributed by atoms with Crippen LogP contribution in [-0.2, 0) is 35.5 Å². The maximum atomic E-state index is 14.4. The number of rotatable bonds is 8. The number of likely N-dealkylation sites (tertiary alicyclic amines) is 2. The number of aryl methyl sites for hydroxylation is 2. The summed E-state index contributed by atoms with van der Waals surface area (Å²) in [5.74, 6) is -4.29. The van der Waals surface area contributed by atoms with E-state index in [0.717, 1.165) is 51.3 Å². The summed E-state index contributed by atoms with van der Waals surface area (Å²) < 4.78 is 56.0. The van der Waals surface area contributed by atoms with Crippen LogP contribution in [-0.4, -0.2) is 92.7 Å². The standard InChI is InChI=1S/C24H23F2N3O2.C23H23F2N3O2/c1-14-18(24(31)27-20-8-7-19(25)23(26)22(14)20)10-21(30)29-13-16-9-17(29)12-28(16)11-15-5-3-2-4-6-15;1-15-17(23(30)26-19-8-7-18(24)22(25)21(15)19)13-20(29)28-11-9-27(10-12-28)14-16-5-3-2-4-6-16/h2-8,16-17H,9-13H2,1H3,(H,27,31);2-8H,9-14H2,1H3,(H,26,30)/t16-,17?;/m1./s1. The summed E-state index contributed by atoms with van der Waals surface area (Å²) >= 11 is 0. The summed E-state index contributed by atoms with van der Waals surface area (Å²) in [5, 5.41) is 0.0458. The topological polar surface area (TPSA) is 113 Å². The predicted molar refractivity (Wildman–Crippen MR) is 225 cm³/mol. The van der Waals surface area contributed by atoms with E-state index in [2.05, 4.69) is 44.0 Å². The van der Waals surface area contributed by atoms with Gasteiger partial charge in [0, 0.05) is 86.3 Å². The van der Waals surface area contributed by atoms with Crippen molar-refractivity contribution < 1.29 is 27.2 Å². The number of piperazine rings is 2. The van der Waals surface area contributed by atoms with Gasteiger partial charge < -0.3 is 19.8 Å². The summed E-state index contributed by atoms with van der Waals surface area (Å²) in [7, 11) is 0. The highest BCUT2D eigenvalue weighted by atomic mass is 19.2. The number of aromatic nitrogens is 2. The van der Waals surface area contributed by atoms with Gasteiger partial charge in [0.1, 0.15) is 0 Å². The largest absolute Gasteiger partial charge is 0.340 e. The third-order valence-corrected chi connectivity index (χ3v) is 12.4. The molecule has 10 nitrogen and oxygen atoms in total. The van der Waals surface area contributed by atoms with Crippen LogP contribution >= 0.6 is 0 Å². The Morgan fingerprint density at radius 3 is 1.59 bits per heavy atom. The molecule has 0 aliphatic carbocycles. The quantitative estimate of drug-likeness (QED) is 0.178. The molecule has 0 radical (unpaired) electrons. The van der Waals surface area contributed by atoms with Crippen molar-refractivity contribution in [1.29, 1.82) is 0 Å². The highest BCUT2D eigenvalue weighted by molar-refractivity contribution is 5.87. The zero-order valence-corrected chi connectivity index (χ0v) is 33.9. The summed E-state index contributed by atoms with van der Waals surface area (Å²) in [6, 6.07) is 25.5. The number of carbonyl (C=O) groups excluding carboxylic acids is 2. The number of benzene rings is 4. The zero-order valence-electron chi connectivity index (χ0n) is 33.9. The highest BCUT2D eigenvalue weighted by Gasteiger charge is 2.45. The Morgan fingerprint density at radius 2 is 1.10 bits per heavy atom. The van der Waals surface area contributed by atoms with E-state index in [-0.39, 0.29) is 63.6 Å². The Morgan fingerprint density at radius 1 is 0.607 bits per heavy atom. The maximum absolute atomic E-state index is 14.4. The highest BCUT2D eigenvalue weighted by Crippen LogP contribution is 2.33. The lowest BCUT2D eigenvalue weighted by Crippen LogP contribution is -2.49. The molecule has 2 N–H and O–H groups in total. The zero-order chi connectivity index (χ0) is 42.9. The molecule has 9 rings (SSSR count). The van der Waals surface area contributed by atoms with Crippen LogP contribution in [0.4, 0.5) is 17.6 Å². The first-order valence-corrected chi connectivity index (χ1v) is 20.5. The number of hydrogen-bond acceptors (Lipinski definition) is 6. The molecule has 0 spiro atoms. The molecule has 4 aromatic carbocycles. The van der Waals surface area contributed by atoms with Gasteiger partial charge in [-0.3, -0.25) is 29.0 Å². The van der Waals surface area contributed by atoms with Gasteiger partial charge in [0.25, 0.3) is 11.1 Å². The second-order valence-corrected chi connectivity index (χ2v) is 16.2. The number of hydrogen-bond donors (Lipinski definition) is 2. The second kappa shape index (κ2) is 17.5. The van der Waals surface area contributed by atoms with Gasteiger partial charge >= 0.3 is 0 Å². The number of H-pyrrole nitrogens is 2. The van der Waals surface area contributed by atoms with E-state index in [1.54, 1.807) is 18.7 Å². The fourth-order valence-corrected chi connectivity index (χ4v) is 9.09. The van der Waals surface area contributed by atoms with E-state index in [1.807, 2.05) is 41.3 Å². The molecule has 2 aromatic heterocycles. The van der Waals surface area contributed by atoms with E-state index in [4.69, 9.17) is 0 Å². The maximum Gasteiger partial charge on any atom is 0.252 e. The minimum atomic E-state index is -1.01. The number of fused-ring (bicyclic) bond motifs is 4. The molecule has 2 atom stereocenters. The molecule has 6 aromatic rings. The molecule has 14 heteroatoms. The smallest absolute Gasteiger partial charge is 0.252 e. The molecule has 316 valence electrons. The van der Waals surface area contributed by atoms with Gasteiger partial charge in [-0.1, -0.05) is 60.7 Å². The Balaban J connectivity index is 0.000000169. The lowest BCUT2D eigenvalue weighted by atomic mass is 10.0. The minimum absolute atomic E-state index is 0.0186. The van der Waals surface area contributed by atoms with Crippen LogP contribution in [0.15, 0.2) is 94.5 Å². The van der Waals surface area contributed by atoms with Crippen molar-refractivity contribution in [3.63, 3.8) is 0 Å². The Bertz CT molecular complexity index is 2740. The normalized spacial score (nSPS) is 17.9. The number of nitrogens with one attached hydrogen (secondary N) is 2. The molecule has 5 heterocycles. The molecule has 61 heavy (non-hydrogen) atoms. The van der Waals surface area contributed by atoms with Gasteiger partial charge in [-0.05, 0) is 66.8 Å². The lowest BCUT2D eigenvalue weighted by Gasteiger charge is -2.35. The van der Waals surface area contributed by atoms with Crippen molar-refractivity contribution in [2.24, 2.45) is 0 Å². The molecular weight excluding hydrogens is 789 g/mol. The predicted octanol–water partition coefficient (Wildman–Crippen LogP) is 6.14. The molecule has 3 aliphatic heterocycles. The van der Waals surface area contributed by atoms with E-state index in [1.165, 1.54) is 23.3 Å². The molecule has 0 saturated carbocycles. The minimum Gasteiger partial charge on any atom is -0.340 e. The summed E-state index contributed by atoms with van der Waals surface area (Å²) in [6.07, 6.45) is 0.673. The van der Waals surface area contributed by atoms with Crippen molar-refractivity contribution in [3.8, 4) is 0 Å². The SMILES string of the molecule is Cc1c(CC(=O)N2CCN(Cc3ccccc3)CC2)c(=O)[nH]c2ccc(F)c(F)c12.Cc1c(CC(=O)N2C[C@H]3CC2CN3Cc2ccccc2)c(=O)[nH]c2ccc(F)c(F)c12. The Hall–Kier alpha value is -6.12. The van der Waals surface area contributed by atoms with E-state index in [0.29, 0.717) is 36.8 Å². The average molecular weight is 835 g/mol. The van der Waals surface area contributed by atoms with Crippen molar-refractivity contribution in [1.82, 2.24) is 29.6 Å². The molecule has 2 amide bonds. The van der Waals surface area contributed by atoms with Crippen molar-refractivity contribution in [2.75, 3.05) is 39.3 Å². The van der Waals surface area contributed by atoms with Gasteiger partial charge in [0.2, 0.25) is 11.8 Å². The summed E-state index contributed by atoms with van der Waals surface area (Å²) in [6.45, 7) is 8.87. The molecule has 3 fully saturated rings. The molecule has 2 bridgehead atoms. The molecule has 3 aliphatic rings. The number of halogens is 4. The van der Waals surface area contributed by atoms with Crippen LogP contribution in [0.1, 0.15) is 39.8 Å². The summed E-state index contributed by atoms with van der Waals surface area (Å²) in [4.78, 5) is 64.3. The van der Waals surface area contributed by atoms with Crippen LogP contribution in [0.2, 0.25) is 0 Å². The van der Waals surface area contributed by atoms with E-state index < -0.39 is 34.4 Å². The molecular formula is C47H46F4N6O4. The second-order valence-electron chi connectivity index (χ2n) is 16.2. The number of aromatic amines is 2. The van der Waals surface area contributed by atoms with Crippen LogP contribution in [0, 0.1) is 37.1 Å².